The Morgan fingerprint density at radius 1 is 1.17 bits per heavy atom. The number of hydrogen-bond donors (Lipinski definition) is 1. The van der Waals surface area contributed by atoms with E-state index in [-0.39, 0.29) is 5.41 Å². The molecule has 1 saturated carbocycles. The van der Waals surface area contributed by atoms with Crippen LogP contribution in [0.5, 0.6) is 11.5 Å². The molecular weight excluding hydrogens is 250 g/mol. The zero-order chi connectivity index (χ0) is 12.6. The molecule has 2 N–H and O–H groups in total. The van der Waals surface area contributed by atoms with Crippen molar-refractivity contribution in [1.82, 2.24) is 0 Å². The molecule has 0 saturated heterocycles. The normalized spacial score (nSPS) is 21.0. The number of fused-ring (bicyclic) bond motifs is 1. The lowest BCUT2D eigenvalue weighted by Gasteiger charge is -2.31. The molecular formula is C14H18ClNO2. The van der Waals surface area contributed by atoms with Crippen molar-refractivity contribution in [3.63, 3.8) is 0 Å². The van der Waals surface area contributed by atoms with Gasteiger partial charge >= 0.3 is 0 Å². The highest BCUT2D eigenvalue weighted by Crippen LogP contribution is 2.48. The maximum Gasteiger partial charge on any atom is 0.180 e. The lowest BCUT2D eigenvalue weighted by molar-refractivity contribution is 0.171. The van der Waals surface area contributed by atoms with Crippen LogP contribution in [0.15, 0.2) is 12.1 Å². The van der Waals surface area contributed by atoms with Crippen molar-refractivity contribution in [1.29, 1.82) is 0 Å². The second kappa shape index (κ2) is 4.63. The van der Waals surface area contributed by atoms with E-state index in [0.717, 1.165) is 24.2 Å². The van der Waals surface area contributed by atoms with Crippen molar-refractivity contribution >= 4 is 11.6 Å². The van der Waals surface area contributed by atoms with Gasteiger partial charge in [-0.3, -0.25) is 0 Å². The van der Waals surface area contributed by atoms with Crippen molar-refractivity contribution in [2.24, 2.45) is 5.73 Å². The predicted octanol–water partition coefficient (Wildman–Crippen LogP) is 2.88. The Morgan fingerprint density at radius 3 is 2.61 bits per heavy atom. The summed E-state index contributed by atoms with van der Waals surface area (Å²) in [5, 5.41) is 0.694. The fourth-order valence-corrected chi connectivity index (χ4v) is 3.54. The molecule has 0 spiro atoms. The summed E-state index contributed by atoms with van der Waals surface area (Å²) in [5.41, 5.74) is 7.18. The Balaban J connectivity index is 2.07. The highest BCUT2D eigenvalue weighted by molar-refractivity contribution is 6.33. The zero-order valence-corrected chi connectivity index (χ0v) is 11.1. The van der Waals surface area contributed by atoms with Crippen LogP contribution in [0.3, 0.4) is 0 Å². The maximum absolute atomic E-state index is 6.51. The number of ether oxygens (including phenoxy) is 2. The van der Waals surface area contributed by atoms with Crippen molar-refractivity contribution in [2.45, 2.75) is 31.1 Å². The van der Waals surface area contributed by atoms with Crippen LogP contribution in [-0.2, 0) is 5.41 Å². The van der Waals surface area contributed by atoms with Crippen LogP contribution in [0.2, 0.25) is 5.02 Å². The third-order valence-electron chi connectivity index (χ3n) is 4.17. The van der Waals surface area contributed by atoms with Crippen molar-refractivity contribution in [3.8, 4) is 11.5 Å². The van der Waals surface area contributed by atoms with Crippen LogP contribution < -0.4 is 15.2 Å². The Morgan fingerprint density at radius 2 is 1.89 bits per heavy atom. The first-order valence-electron chi connectivity index (χ1n) is 6.55. The van der Waals surface area contributed by atoms with Gasteiger partial charge in [0.1, 0.15) is 13.2 Å². The molecule has 0 atom stereocenters. The second-order valence-electron chi connectivity index (χ2n) is 5.14. The third kappa shape index (κ3) is 1.77. The van der Waals surface area contributed by atoms with Gasteiger partial charge in [0, 0.05) is 12.0 Å². The summed E-state index contributed by atoms with van der Waals surface area (Å²) in [6.45, 7) is 1.79. The average molecular weight is 268 g/mol. The molecule has 1 aromatic carbocycles. The van der Waals surface area contributed by atoms with Crippen LogP contribution >= 0.6 is 11.6 Å². The highest BCUT2D eigenvalue weighted by atomic mass is 35.5. The van der Waals surface area contributed by atoms with Crippen molar-refractivity contribution < 1.29 is 9.47 Å². The van der Waals surface area contributed by atoms with Gasteiger partial charge < -0.3 is 15.2 Å². The largest absolute Gasteiger partial charge is 0.486 e. The van der Waals surface area contributed by atoms with E-state index >= 15 is 0 Å². The van der Waals surface area contributed by atoms with E-state index in [1.165, 1.54) is 12.8 Å². The number of nitrogens with two attached hydrogens (primary N) is 1. The van der Waals surface area contributed by atoms with Gasteiger partial charge in [-0.2, -0.15) is 0 Å². The quantitative estimate of drug-likeness (QED) is 0.896. The molecule has 1 aliphatic carbocycles. The number of benzene rings is 1. The molecule has 0 amide bonds. The van der Waals surface area contributed by atoms with Crippen molar-refractivity contribution in [3.05, 3.63) is 22.7 Å². The second-order valence-corrected chi connectivity index (χ2v) is 5.52. The molecule has 18 heavy (non-hydrogen) atoms. The first-order chi connectivity index (χ1) is 8.77. The number of halogens is 1. The summed E-state index contributed by atoms with van der Waals surface area (Å²) in [4.78, 5) is 0. The van der Waals surface area contributed by atoms with E-state index in [4.69, 9.17) is 26.8 Å². The van der Waals surface area contributed by atoms with Gasteiger partial charge in [0.25, 0.3) is 0 Å². The van der Waals surface area contributed by atoms with Crippen LogP contribution in [0, 0.1) is 0 Å². The summed E-state index contributed by atoms with van der Waals surface area (Å²) >= 11 is 6.51. The van der Waals surface area contributed by atoms with E-state index in [1.54, 1.807) is 0 Å². The SMILES string of the molecule is NCC1(c2ccc3c(c2Cl)OCCO3)CCCC1. The zero-order valence-electron chi connectivity index (χ0n) is 10.4. The first kappa shape index (κ1) is 12.1. The molecule has 0 bridgehead atoms. The van der Waals surface area contributed by atoms with Crippen molar-refractivity contribution in [2.75, 3.05) is 19.8 Å². The van der Waals surface area contributed by atoms with E-state index in [9.17, 15) is 0 Å². The Labute approximate surface area is 112 Å². The lowest BCUT2D eigenvalue weighted by Crippen LogP contribution is -2.32. The predicted molar refractivity (Wildman–Crippen MR) is 71.6 cm³/mol. The molecule has 1 aromatic rings. The summed E-state index contributed by atoms with van der Waals surface area (Å²) in [6.07, 6.45) is 4.68. The van der Waals surface area contributed by atoms with Crippen LogP contribution in [0.4, 0.5) is 0 Å². The molecule has 0 unspecified atom stereocenters. The smallest absolute Gasteiger partial charge is 0.180 e. The summed E-state index contributed by atoms with van der Waals surface area (Å²) in [5.74, 6) is 1.44. The first-order valence-corrected chi connectivity index (χ1v) is 6.93. The van der Waals surface area contributed by atoms with Crippen LogP contribution in [0.25, 0.3) is 0 Å². The van der Waals surface area contributed by atoms with Gasteiger partial charge in [-0.15, -0.1) is 0 Å². The van der Waals surface area contributed by atoms with Gasteiger partial charge in [0.2, 0.25) is 0 Å². The molecule has 1 aliphatic heterocycles. The topological polar surface area (TPSA) is 44.5 Å². The van der Waals surface area contributed by atoms with E-state index < -0.39 is 0 Å². The van der Waals surface area contributed by atoms with Crippen LogP contribution in [0.1, 0.15) is 31.2 Å². The number of rotatable bonds is 2. The molecule has 2 aliphatic rings. The summed E-state index contributed by atoms with van der Waals surface area (Å²) in [6, 6.07) is 4.03. The molecule has 3 rings (SSSR count). The number of hydrogen-bond acceptors (Lipinski definition) is 3. The Kier molecular flexibility index (Phi) is 3.12. The molecule has 98 valence electrons. The fraction of sp³-hybridized carbons (Fsp3) is 0.571. The van der Waals surface area contributed by atoms with Gasteiger partial charge in [-0.1, -0.05) is 30.5 Å². The monoisotopic (exact) mass is 267 g/mol. The molecule has 4 heteroatoms. The van der Waals surface area contributed by atoms with Gasteiger partial charge in [-0.25, -0.2) is 0 Å². The van der Waals surface area contributed by atoms with E-state index in [0.29, 0.717) is 30.5 Å². The third-order valence-corrected chi connectivity index (χ3v) is 4.55. The van der Waals surface area contributed by atoms with E-state index in [1.807, 2.05) is 6.07 Å². The highest BCUT2D eigenvalue weighted by Gasteiger charge is 2.37. The maximum atomic E-state index is 6.51. The Bertz CT molecular complexity index is 455. The Hall–Kier alpha value is -0.930. The van der Waals surface area contributed by atoms with Crippen LogP contribution in [-0.4, -0.2) is 19.8 Å². The molecule has 0 radical (unpaired) electrons. The minimum Gasteiger partial charge on any atom is -0.486 e. The van der Waals surface area contributed by atoms with Gasteiger partial charge in [0.15, 0.2) is 11.5 Å². The molecule has 1 fully saturated rings. The fourth-order valence-electron chi connectivity index (χ4n) is 3.13. The van der Waals surface area contributed by atoms with E-state index in [2.05, 4.69) is 6.07 Å². The average Bonchev–Trinajstić information content (AvgIpc) is 2.89. The molecule has 1 heterocycles. The molecule has 3 nitrogen and oxygen atoms in total. The summed E-state index contributed by atoms with van der Waals surface area (Å²) < 4.78 is 11.2. The minimum absolute atomic E-state index is 0.0346. The standard InChI is InChI=1S/C14H18ClNO2/c15-12-10(14(9-16)5-1-2-6-14)3-4-11-13(12)18-8-7-17-11/h3-4H,1-2,5-9,16H2. The molecule has 0 aromatic heterocycles. The minimum atomic E-state index is 0.0346. The summed E-state index contributed by atoms with van der Waals surface area (Å²) in [7, 11) is 0. The van der Waals surface area contributed by atoms with Gasteiger partial charge in [0.05, 0.1) is 5.02 Å². The van der Waals surface area contributed by atoms with Gasteiger partial charge in [-0.05, 0) is 24.5 Å². The lowest BCUT2D eigenvalue weighted by atomic mass is 9.79.